The lowest BCUT2D eigenvalue weighted by Gasteiger charge is -2.04. The monoisotopic (exact) mass is 167 g/mol. The van der Waals surface area contributed by atoms with Crippen LogP contribution in [0.15, 0.2) is 0 Å². The lowest BCUT2D eigenvalue weighted by Crippen LogP contribution is -2.14. The van der Waals surface area contributed by atoms with Crippen LogP contribution in [0.25, 0.3) is 0 Å². The number of ether oxygens (including phenoxy) is 1. The zero-order valence-corrected chi connectivity index (χ0v) is 6.35. The van der Waals surface area contributed by atoms with Gasteiger partial charge in [0.25, 0.3) is 0 Å². The Kier molecular flexibility index (Phi) is 5.64. The average Bonchev–Trinajstić information content (AvgIpc) is 2.04. The van der Waals surface area contributed by atoms with Crippen molar-refractivity contribution >= 4 is 5.97 Å². The van der Waals surface area contributed by atoms with Gasteiger partial charge in [-0.3, -0.25) is 4.79 Å². The van der Waals surface area contributed by atoms with Gasteiger partial charge >= 0.3 is 5.97 Å². The Morgan fingerprint density at radius 1 is 1.64 bits per heavy atom. The molecule has 0 aliphatic heterocycles. The maximum Gasteiger partial charge on any atom is 0.305 e. The van der Waals surface area contributed by atoms with Gasteiger partial charge in [0.1, 0.15) is 0 Å². The summed E-state index contributed by atoms with van der Waals surface area (Å²) in [5.41, 5.74) is 0. The Morgan fingerprint density at radius 3 is 2.73 bits per heavy atom. The third-order valence-electron chi connectivity index (χ3n) is 1.14. The normalized spacial score (nSPS) is 10.2. The number of hydrogen-bond acceptors (Lipinski definition) is 3. The standard InChI is InChI=1S/C6H11F2NO2/c1-11-6(10)3-2-4-9(8)5-7/h2-5H2,1H3. The number of methoxy groups -OCH3 is 1. The van der Waals surface area contributed by atoms with Gasteiger partial charge in [0.05, 0.1) is 7.11 Å². The largest absolute Gasteiger partial charge is 0.469 e. The van der Waals surface area contributed by atoms with E-state index < -0.39 is 12.8 Å². The molecule has 0 N–H and O–H groups in total. The van der Waals surface area contributed by atoms with Gasteiger partial charge in [0, 0.05) is 13.0 Å². The summed E-state index contributed by atoms with van der Waals surface area (Å²) in [6, 6.07) is 0. The topological polar surface area (TPSA) is 29.5 Å². The first-order valence-corrected chi connectivity index (χ1v) is 3.24. The van der Waals surface area contributed by atoms with Gasteiger partial charge in [0.15, 0.2) is 6.80 Å². The molecule has 11 heavy (non-hydrogen) atoms. The van der Waals surface area contributed by atoms with E-state index in [1.165, 1.54) is 7.11 Å². The van der Waals surface area contributed by atoms with Crippen molar-refractivity contribution in [1.82, 2.24) is 5.12 Å². The maximum absolute atomic E-state index is 12.0. The highest BCUT2D eigenvalue weighted by Crippen LogP contribution is 1.96. The second kappa shape index (κ2) is 6.03. The molecule has 0 radical (unpaired) electrons. The van der Waals surface area contributed by atoms with E-state index in [0.717, 1.165) is 0 Å². The van der Waals surface area contributed by atoms with Crippen LogP contribution in [0.2, 0.25) is 0 Å². The van der Waals surface area contributed by atoms with Crippen LogP contribution in [-0.2, 0) is 9.53 Å². The predicted octanol–water partition coefficient (Wildman–Crippen LogP) is 1.05. The molecule has 0 unspecified atom stereocenters. The van der Waals surface area contributed by atoms with Crippen molar-refractivity contribution in [2.24, 2.45) is 0 Å². The minimum atomic E-state index is -1.14. The molecule has 0 heterocycles. The number of esters is 1. The van der Waals surface area contributed by atoms with Crippen LogP contribution in [-0.4, -0.2) is 31.5 Å². The summed E-state index contributed by atoms with van der Waals surface area (Å²) in [7, 11) is 1.25. The molecule has 0 aromatic heterocycles. The Hall–Kier alpha value is -0.710. The highest BCUT2D eigenvalue weighted by Gasteiger charge is 2.03. The first-order chi connectivity index (χ1) is 5.20. The van der Waals surface area contributed by atoms with Crippen LogP contribution in [0.1, 0.15) is 12.8 Å². The molecule has 5 heteroatoms. The number of carbonyl (C=O) groups is 1. The zero-order valence-electron chi connectivity index (χ0n) is 6.35. The summed E-state index contributed by atoms with van der Waals surface area (Å²) < 4.78 is 27.7. The van der Waals surface area contributed by atoms with Crippen molar-refractivity contribution in [3.8, 4) is 0 Å². The summed E-state index contributed by atoms with van der Waals surface area (Å²) >= 11 is 0. The Balaban J connectivity index is 3.20. The molecule has 0 aromatic carbocycles. The third-order valence-corrected chi connectivity index (χ3v) is 1.14. The molecule has 0 spiro atoms. The molecule has 0 saturated carbocycles. The van der Waals surface area contributed by atoms with Gasteiger partial charge in [-0.2, -0.15) is 0 Å². The van der Waals surface area contributed by atoms with E-state index in [2.05, 4.69) is 4.74 Å². The zero-order chi connectivity index (χ0) is 8.69. The van der Waals surface area contributed by atoms with Gasteiger partial charge < -0.3 is 4.74 Å². The fourth-order valence-electron chi connectivity index (χ4n) is 0.557. The quantitative estimate of drug-likeness (QED) is 0.348. The second-order valence-corrected chi connectivity index (χ2v) is 1.99. The minimum absolute atomic E-state index is 0.00292. The van der Waals surface area contributed by atoms with Gasteiger partial charge in [0.2, 0.25) is 0 Å². The lowest BCUT2D eigenvalue weighted by atomic mass is 10.3. The third kappa shape index (κ3) is 5.72. The molecule has 0 fully saturated rings. The van der Waals surface area contributed by atoms with E-state index in [1.54, 1.807) is 0 Å². The smallest absolute Gasteiger partial charge is 0.305 e. The Bertz CT molecular complexity index is 121. The molecular formula is C6H11F2NO2. The number of nitrogens with zero attached hydrogens (tertiary/aromatic N) is 1. The predicted molar refractivity (Wildman–Crippen MR) is 35.0 cm³/mol. The van der Waals surface area contributed by atoms with E-state index in [-0.39, 0.29) is 24.5 Å². The van der Waals surface area contributed by atoms with E-state index in [1.807, 2.05) is 0 Å². The maximum atomic E-state index is 12.0. The van der Waals surface area contributed by atoms with Crippen molar-refractivity contribution in [2.45, 2.75) is 12.8 Å². The van der Waals surface area contributed by atoms with Crippen molar-refractivity contribution in [3.05, 3.63) is 0 Å². The van der Waals surface area contributed by atoms with Crippen molar-refractivity contribution in [2.75, 3.05) is 20.5 Å². The number of halogens is 2. The van der Waals surface area contributed by atoms with Crippen LogP contribution >= 0.6 is 0 Å². The van der Waals surface area contributed by atoms with E-state index in [0.29, 0.717) is 0 Å². The molecule has 0 rings (SSSR count). The van der Waals surface area contributed by atoms with Gasteiger partial charge in [-0.1, -0.05) is 0 Å². The molecule has 0 amide bonds. The number of hydrogen-bond donors (Lipinski definition) is 0. The summed E-state index contributed by atoms with van der Waals surface area (Å²) in [5, 5.41) is 0.00292. The number of rotatable bonds is 5. The van der Waals surface area contributed by atoms with E-state index >= 15 is 0 Å². The highest BCUT2D eigenvalue weighted by molar-refractivity contribution is 5.68. The molecule has 0 aliphatic rings. The van der Waals surface area contributed by atoms with E-state index in [9.17, 15) is 13.7 Å². The van der Waals surface area contributed by atoms with Crippen molar-refractivity contribution in [1.29, 1.82) is 0 Å². The highest BCUT2D eigenvalue weighted by atomic mass is 19.2. The van der Waals surface area contributed by atoms with Crippen molar-refractivity contribution in [3.63, 3.8) is 0 Å². The summed E-state index contributed by atoms with van der Waals surface area (Å²) in [4.78, 5) is 10.4. The van der Waals surface area contributed by atoms with Crippen LogP contribution in [0.5, 0.6) is 0 Å². The average molecular weight is 167 g/mol. The van der Waals surface area contributed by atoms with Crippen LogP contribution in [0.4, 0.5) is 8.87 Å². The first kappa shape index (κ1) is 10.3. The first-order valence-electron chi connectivity index (χ1n) is 3.24. The Labute approximate surface area is 63.9 Å². The summed E-state index contributed by atoms with van der Waals surface area (Å²) in [6.45, 7) is -1.22. The fourth-order valence-corrected chi connectivity index (χ4v) is 0.557. The molecule has 0 atom stereocenters. The molecule has 3 nitrogen and oxygen atoms in total. The number of alkyl halides is 1. The molecule has 66 valence electrons. The Morgan fingerprint density at radius 2 is 2.27 bits per heavy atom. The van der Waals surface area contributed by atoms with Gasteiger partial charge in [-0.15, -0.1) is 9.60 Å². The molecule has 0 bridgehead atoms. The van der Waals surface area contributed by atoms with Crippen LogP contribution in [0, 0.1) is 0 Å². The van der Waals surface area contributed by atoms with Crippen LogP contribution in [0.3, 0.4) is 0 Å². The lowest BCUT2D eigenvalue weighted by molar-refractivity contribution is -0.141. The van der Waals surface area contributed by atoms with Crippen molar-refractivity contribution < 1.29 is 18.4 Å². The molecule has 0 aliphatic carbocycles. The van der Waals surface area contributed by atoms with Gasteiger partial charge in [-0.25, -0.2) is 4.39 Å². The summed E-state index contributed by atoms with van der Waals surface area (Å²) in [5.74, 6) is -0.405. The minimum Gasteiger partial charge on any atom is -0.469 e. The molecular weight excluding hydrogens is 156 g/mol. The van der Waals surface area contributed by atoms with E-state index in [4.69, 9.17) is 0 Å². The molecule has 0 aromatic rings. The van der Waals surface area contributed by atoms with Crippen LogP contribution < -0.4 is 0 Å². The SMILES string of the molecule is COC(=O)CCCN(F)CF. The second-order valence-electron chi connectivity index (χ2n) is 1.99. The van der Waals surface area contributed by atoms with Gasteiger partial charge in [-0.05, 0) is 6.42 Å². The molecule has 0 saturated heterocycles. The summed E-state index contributed by atoms with van der Waals surface area (Å²) in [6.07, 6.45) is 0.393. The number of carbonyl (C=O) groups excluding carboxylic acids is 1. The fraction of sp³-hybridized carbons (Fsp3) is 0.833.